The molecule has 7 heteroatoms. The number of hydrogen-bond donors (Lipinski definition) is 3. The van der Waals surface area contributed by atoms with Crippen molar-refractivity contribution in [2.24, 2.45) is 17.6 Å². The Balaban J connectivity index is 1.59. The Bertz CT molecular complexity index is 550. The summed E-state index contributed by atoms with van der Waals surface area (Å²) in [6, 6.07) is 5.79. The van der Waals surface area contributed by atoms with Crippen LogP contribution in [0.1, 0.15) is 36.9 Å². The highest BCUT2D eigenvalue weighted by Gasteiger charge is 2.33. The molecule has 140 valence electrons. The summed E-state index contributed by atoms with van der Waals surface area (Å²) < 4.78 is 38.2. The van der Waals surface area contributed by atoms with Gasteiger partial charge in [-0.1, -0.05) is 12.1 Å². The average Bonchev–Trinajstić information content (AvgIpc) is 3.03. The van der Waals surface area contributed by atoms with Gasteiger partial charge in [0.05, 0.1) is 11.6 Å². The molecule has 0 amide bonds. The quantitative estimate of drug-likeness (QED) is 0.776. The zero-order valence-corrected chi connectivity index (χ0v) is 14.5. The average molecular weight is 356 g/mol. The fraction of sp³-hybridized carbons (Fsp3) is 0.667. The van der Waals surface area contributed by atoms with Gasteiger partial charge in [0, 0.05) is 25.0 Å². The summed E-state index contributed by atoms with van der Waals surface area (Å²) in [5.41, 5.74) is 12.7. The topological polar surface area (TPSA) is 53.3 Å². The number of halogens is 3. The van der Waals surface area contributed by atoms with Gasteiger partial charge in [-0.3, -0.25) is 5.43 Å². The van der Waals surface area contributed by atoms with Crippen molar-refractivity contribution in [1.82, 2.24) is 15.8 Å². The number of benzene rings is 1. The van der Waals surface area contributed by atoms with Crippen molar-refractivity contribution in [3.05, 3.63) is 35.4 Å². The lowest BCUT2D eigenvalue weighted by atomic mass is 9.89. The first kappa shape index (κ1) is 18.6. The molecule has 0 aliphatic carbocycles. The molecule has 2 aliphatic heterocycles. The van der Waals surface area contributed by atoms with Crippen LogP contribution in [0.25, 0.3) is 0 Å². The Morgan fingerprint density at radius 2 is 1.84 bits per heavy atom. The molecule has 0 saturated carbocycles. The predicted octanol–water partition coefficient (Wildman–Crippen LogP) is 2.53. The highest BCUT2D eigenvalue weighted by molar-refractivity contribution is 5.27. The van der Waals surface area contributed by atoms with Gasteiger partial charge in [0.1, 0.15) is 0 Å². The Labute approximate surface area is 146 Å². The van der Waals surface area contributed by atoms with Crippen LogP contribution in [-0.4, -0.2) is 37.1 Å². The summed E-state index contributed by atoms with van der Waals surface area (Å²) in [6.45, 7) is 5.92. The summed E-state index contributed by atoms with van der Waals surface area (Å²) >= 11 is 0. The van der Waals surface area contributed by atoms with E-state index >= 15 is 0 Å². The van der Waals surface area contributed by atoms with Crippen molar-refractivity contribution in [1.29, 1.82) is 0 Å². The molecule has 3 atom stereocenters. The Kier molecular flexibility index (Phi) is 5.68. The summed E-state index contributed by atoms with van der Waals surface area (Å²) in [6.07, 6.45) is -2.05. The molecule has 4 N–H and O–H groups in total. The van der Waals surface area contributed by atoms with Gasteiger partial charge >= 0.3 is 6.18 Å². The molecule has 25 heavy (non-hydrogen) atoms. The number of alkyl halides is 3. The van der Waals surface area contributed by atoms with Gasteiger partial charge in [-0.05, 0) is 56.5 Å². The monoisotopic (exact) mass is 356 g/mol. The van der Waals surface area contributed by atoms with Crippen LogP contribution in [0.5, 0.6) is 0 Å². The van der Waals surface area contributed by atoms with E-state index in [9.17, 15) is 13.2 Å². The maximum Gasteiger partial charge on any atom is 0.416 e. The predicted molar refractivity (Wildman–Crippen MR) is 91.6 cm³/mol. The van der Waals surface area contributed by atoms with Crippen LogP contribution in [0.15, 0.2) is 24.3 Å². The Hall–Kier alpha value is -1.15. The largest absolute Gasteiger partial charge is 0.416 e. The van der Waals surface area contributed by atoms with Gasteiger partial charge in [-0.15, -0.1) is 0 Å². The van der Waals surface area contributed by atoms with Gasteiger partial charge in [-0.25, -0.2) is 5.43 Å². The zero-order chi connectivity index (χ0) is 18.0. The third-order valence-corrected chi connectivity index (χ3v) is 5.56. The van der Waals surface area contributed by atoms with Crippen molar-refractivity contribution in [3.63, 3.8) is 0 Å². The molecule has 0 radical (unpaired) electrons. The normalized spacial score (nSPS) is 27.6. The summed E-state index contributed by atoms with van der Waals surface area (Å²) in [7, 11) is 0. The molecule has 0 bridgehead atoms. The van der Waals surface area contributed by atoms with Crippen LogP contribution >= 0.6 is 0 Å². The first-order valence-corrected chi connectivity index (χ1v) is 8.98. The standard InChI is InChI=1S/C18H27F3N4/c1-12(22)13-6-8-25(9-7-13)11-15-10-23-24-17(15)14-2-4-16(5-3-14)18(19,20)21/h2-5,12-13,15,17,23-24H,6-11,22H2,1H3. The minimum absolute atomic E-state index is 0.0356. The van der Waals surface area contributed by atoms with Crippen molar-refractivity contribution < 1.29 is 13.2 Å². The SMILES string of the molecule is CC(N)C1CCN(CC2CNNC2c2ccc(C(F)(F)F)cc2)CC1. The van der Waals surface area contributed by atoms with Gasteiger partial charge < -0.3 is 10.6 Å². The molecule has 1 aromatic rings. The van der Waals surface area contributed by atoms with E-state index in [-0.39, 0.29) is 12.1 Å². The third kappa shape index (κ3) is 4.53. The van der Waals surface area contributed by atoms with Crippen LogP contribution in [0.3, 0.4) is 0 Å². The minimum atomic E-state index is -4.29. The third-order valence-electron chi connectivity index (χ3n) is 5.56. The number of nitrogens with zero attached hydrogens (tertiary/aromatic N) is 1. The summed E-state index contributed by atoms with van der Waals surface area (Å²) in [5.74, 6) is 0.936. The molecule has 1 aromatic carbocycles. The van der Waals surface area contributed by atoms with Crippen LogP contribution in [-0.2, 0) is 6.18 Å². The molecule has 0 aromatic heterocycles. The fourth-order valence-corrected chi connectivity index (χ4v) is 3.93. The molecule has 3 unspecified atom stereocenters. The maximum absolute atomic E-state index is 12.7. The van der Waals surface area contributed by atoms with Gasteiger partial charge in [0.15, 0.2) is 0 Å². The molecule has 2 saturated heterocycles. The first-order valence-electron chi connectivity index (χ1n) is 8.98. The number of nitrogens with one attached hydrogen (secondary N) is 2. The number of hydrogen-bond acceptors (Lipinski definition) is 4. The van der Waals surface area contributed by atoms with E-state index in [2.05, 4.69) is 22.7 Å². The van der Waals surface area contributed by atoms with Crippen LogP contribution in [0, 0.1) is 11.8 Å². The molecule has 2 aliphatic rings. The lowest BCUT2D eigenvalue weighted by Gasteiger charge is -2.35. The number of rotatable bonds is 4. The van der Waals surface area contributed by atoms with E-state index in [1.165, 1.54) is 12.1 Å². The number of piperidine rings is 1. The van der Waals surface area contributed by atoms with Crippen molar-refractivity contribution in [2.45, 2.75) is 38.0 Å². The number of likely N-dealkylation sites (tertiary alicyclic amines) is 1. The van der Waals surface area contributed by atoms with Gasteiger partial charge in [0.2, 0.25) is 0 Å². The smallest absolute Gasteiger partial charge is 0.328 e. The van der Waals surface area contributed by atoms with E-state index in [0.717, 1.165) is 44.6 Å². The minimum Gasteiger partial charge on any atom is -0.328 e. The fourth-order valence-electron chi connectivity index (χ4n) is 3.93. The van der Waals surface area contributed by atoms with Crippen LogP contribution < -0.4 is 16.6 Å². The highest BCUT2D eigenvalue weighted by atomic mass is 19.4. The zero-order valence-electron chi connectivity index (χ0n) is 14.5. The second kappa shape index (κ2) is 7.61. The van der Waals surface area contributed by atoms with E-state index in [1.807, 2.05) is 0 Å². The van der Waals surface area contributed by atoms with Crippen molar-refractivity contribution >= 4 is 0 Å². The van der Waals surface area contributed by atoms with E-state index in [1.54, 1.807) is 12.1 Å². The maximum atomic E-state index is 12.7. The molecule has 2 heterocycles. The summed E-state index contributed by atoms with van der Waals surface area (Å²) in [5, 5.41) is 0. The second-order valence-corrected chi connectivity index (χ2v) is 7.38. The molecule has 4 nitrogen and oxygen atoms in total. The van der Waals surface area contributed by atoms with Gasteiger partial charge in [-0.2, -0.15) is 13.2 Å². The van der Waals surface area contributed by atoms with Crippen molar-refractivity contribution in [2.75, 3.05) is 26.2 Å². The molecular formula is C18H27F3N4. The van der Waals surface area contributed by atoms with Gasteiger partial charge in [0.25, 0.3) is 0 Å². The molecule has 3 rings (SSSR count). The Morgan fingerprint density at radius 1 is 1.20 bits per heavy atom. The number of hydrazine groups is 1. The first-order chi connectivity index (χ1) is 11.8. The lowest BCUT2D eigenvalue weighted by Crippen LogP contribution is -2.42. The van der Waals surface area contributed by atoms with Crippen LogP contribution in [0.4, 0.5) is 13.2 Å². The summed E-state index contributed by atoms with van der Waals surface area (Å²) in [4.78, 5) is 2.45. The van der Waals surface area contributed by atoms with Crippen molar-refractivity contribution in [3.8, 4) is 0 Å². The Morgan fingerprint density at radius 3 is 2.40 bits per heavy atom. The molecule has 0 spiro atoms. The second-order valence-electron chi connectivity index (χ2n) is 7.38. The number of nitrogens with two attached hydrogens (primary N) is 1. The van der Waals surface area contributed by atoms with E-state index in [4.69, 9.17) is 5.73 Å². The lowest BCUT2D eigenvalue weighted by molar-refractivity contribution is -0.137. The van der Waals surface area contributed by atoms with E-state index in [0.29, 0.717) is 11.8 Å². The van der Waals surface area contributed by atoms with E-state index < -0.39 is 11.7 Å². The van der Waals surface area contributed by atoms with Crippen LogP contribution in [0.2, 0.25) is 0 Å². The molecule has 2 fully saturated rings. The molecular weight excluding hydrogens is 329 g/mol. The highest BCUT2D eigenvalue weighted by Crippen LogP contribution is 2.32.